The molecule has 0 aliphatic heterocycles. The highest BCUT2D eigenvalue weighted by Crippen LogP contribution is 2.18. The third-order valence-electron chi connectivity index (χ3n) is 4.69. The average molecular weight is 396 g/mol. The molecule has 0 spiro atoms. The van der Waals surface area contributed by atoms with Crippen molar-refractivity contribution in [3.8, 4) is 0 Å². The number of unbranched alkanes of at least 4 members (excludes halogenated alkanes) is 2. The summed E-state index contributed by atoms with van der Waals surface area (Å²) in [7, 11) is 0. The second-order valence-corrected chi connectivity index (χ2v) is 6.94. The van der Waals surface area contributed by atoms with E-state index >= 15 is 0 Å². The highest BCUT2D eigenvalue weighted by molar-refractivity contribution is 5.98. The predicted molar refractivity (Wildman–Crippen MR) is 113 cm³/mol. The first-order valence-corrected chi connectivity index (χ1v) is 9.67. The van der Waals surface area contributed by atoms with Crippen molar-refractivity contribution in [3.63, 3.8) is 0 Å². The van der Waals surface area contributed by atoms with Crippen LogP contribution in [0.2, 0.25) is 0 Å². The molecule has 152 valence electrons. The first kappa shape index (κ1) is 20.4. The van der Waals surface area contributed by atoms with Gasteiger partial charge >= 0.3 is 0 Å². The van der Waals surface area contributed by atoms with Crippen molar-refractivity contribution in [1.82, 2.24) is 10.3 Å². The van der Waals surface area contributed by atoms with E-state index in [2.05, 4.69) is 15.6 Å². The molecule has 0 saturated heterocycles. The molecule has 0 saturated carbocycles. The van der Waals surface area contributed by atoms with Gasteiger partial charge in [0.15, 0.2) is 0 Å². The van der Waals surface area contributed by atoms with Crippen LogP contribution in [0.4, 0.5) is 15.8 Å². The van der Waals surface area contributed by atoms with Crippen LogP contribution in [-0.2, 0) is 11.5 Å². The molecule has 0 unspecified atom stereocenters. The number of H-pyrrole nitrogens is 1. The maximum atomic E-state index is 12.7. The summed E-state index contributed by atoms with van der Waals surface area (Å²) in [6.07, 6.45) is 2.73. The standard InChI is InChI=1S/C22H25FN4O2/c23-14-15-9-10-18-16(12-15)13-20(26-18)22(29)25-11-5-1-2-8-21(28)27-19-7-4-3-6-17(19)24/h3-4,6-7,9-10,12-13,26H,1-2,5,8,11,14,24H2,(H,25,29)(H,27,28). The summed E-state index contributed by atoms with van der Waals surface area (Å²) in [6.45, 7) is -0.00339. The van der Waals surface area contributed by atoms with Crippen molar-refractivity contribution in [2.75, 3.05) is 17.6 Å². The van der Waals surface area contributed by atoms with Gasteiger partial charge in [0.1, 0.15) is 12.4 Å². The van der Waals surface area contributed by atoms with E-state index in [1.54, 1.807) is 36.4 Å². The maximum Gasteiger partial charge on any atom is 0.267 e. The van der Waals surface area contributed by atoms with Crippen molar-refractivity contribution < 1.29 is 14.0 Å². The molecule has 7 heteroatoms. The van der Waals surface area contributed by atoms with E-state index in [9.17, 15) is 14.0 Å². The minimum absolute atomic E-state index is 0.0716. The van der Waals surface area contributed by atoms with E-state index in [0.29, 0.717) is 35.6 Å². The van der Waals surface area contributed by atoms with Gasteiger partial charge in [0.05, 0.1) is 11.4 Å². The fourth-order valence-corrected chi connectivity index (χ4v) is 3.10. The number of benzene rings is 2. The Hall–Kier alpha value is -3.35. The number of hydrogen-bond acceptors (Lipinski definition) is 3. The van der Waals surface area contributed by atoms with Crippen LogP contribution in [-0.4, -0.2) is 23.3 Å². The molecule has 0 bridgehead atoms. The quantitative estimate of drug-likeness (QED) is 0.323. The number of carbonyl (C=O) groups excluding carboxylic acids is 2. The molecule has 2 aromatic carbocycles. The lowest BCUT2D eigenvalue weighted by atomic mass is 10.1. The molecule has 0 atom stereocenters. The van der Waals surface area contributed by atoms with Crippen molar-refractivity contribution in [3.05, 3.63) is 59.8 Å². The number of amides is 2. The number of anilines is 2. The van der Waals surface area contributed by atoms with Crippen molar-refractivity contribution in [2.45, 2.75) is 32.4 Å². The van der Waals surface area contributed by atoms with Crippen LogP contribution in [0.5, 0.6) is 0 Å². The Kier molecular flexibility index (Phi) is 6.84. The van der Waals surface area contributed by atoms with Crippen LogP contribution in [0.1, 0.15) is 41.7 Å². The highest BCUT2D eigenvalue weighted by atomic mass is 19.1. The second-order valence-electron chi connectivity index (χ2n) is 6.94. The number of rotatable bonds is 9. The summed E-state index contributed by atoms with van der Waals surface area (Å²) in [5, 5.41) is 6.48. The highest BCUT2D eigenvalue weighted by Gasteiger charge is 2.10. The number of hydrogen-bond donors (Lipinski definition) is 4. The molecular formula is C22H25FN4O2. The van der Waals surface area contributed by atoms with Gasteiger partial charge in [-0.15, -0.1) is 0 Å². The van der Waals surface area contributed by atoms with Gasteiger partial charge in [-0.2, -0.15) is 0 Å². The summed E-state index contributed by atoms with van der Waals surface area (Å²) in [4.78, 5) is 27.3. The fourth-order valence-electron chi connectivity index (χ4n) is 3.10. The Balaban J connectivity index is 1.35. The minimum Gasteiger partial charge on any atom is -0.397 e. The number of nitrogens with two attached hydrogens (primary N) is 1. The van der Waals surface area contributed by atoms with E-state index in [0.717, 1.165) is 30.2 Å². The fraction of sp³-hybridized carbons (Fsp3) is 0.273. The van der Waals surface area contributed by atoms with Crippen LogP contribution in [0.15, 0.2) is 48.5 Å². The SMILES string of the molecule is Nc1ccccc1NC(=O)CCCCCNC(=O)c1cc2cc(CF)ccc2[nH]1. The Bertz CT molecular complexity index is 999. The van der Waals surface area contributed by atoms with Crippen LogP contribution >= 0.6 is 0 Å². The number of aromatic amines is 1. The number of nitrogens with one attached hydrogen (secondary N) is 3. The topological polar surface area (TPSA) is 100 Å². The third kappa shape index (κ3) is 5.57. The molecule has 5 N–H and O–H groups in total. The zero-order valence-corrected chi connectivity index (χ0v) is 16.1. The average Bonchev–Trinajstić information content (AvgIpc) is 3.15. The summed E-state index contributed by atoms with van der Waals surface area (Å²) >= 11 is 0. The van der Waals surface area contributed by atoms with Crippen LogP contribution in [0.25, 0.3) is 10.9 Å². The number of para-hydroxylation sites is 2. The predicted octanol–water partition coefficient (Wildman–Crippen LogP) is 4.15. The monoisotopic (exact) mass is 396 g/mol. The van der Waals surface area contributed by atoms with Crippen LogP contribution in [0, 0.1) is 0 Å². The molecule has 1 aromatic heterocycles. The van der Waals surface area contributed by atoms with Gasteiger partial charge in [-0.05, 0) is 48.7 Å². The van der Waals surface area contributed by atoms with E-state index in [-0.39, 0.29) is 11.8 Å². The first-order valence-electron chi connectivity index (χ1n) is 9.67. The minimum atomic E-state index is -0.528. The molecule has 0 aliphatic carbocycles. The van der Waals surface area contributed by atoms with E-state index < -0.39 is 6.67 Å². The number of alkyl halides is 1. The molecule has 0 aliphatic rings. The van der Waals surface area contributed by atoms with Gasteiger partial charge in [-0.25, -0.2) is 4.39 Å². The first-order chi connectivity index (χ1) is 14.1. The smallest absolute Gasteiger partial charge is 0.267 e. The lowest BCUT2D eigenvalue weighted by Gasteiger charge is -2.08. The van der Waals surface area contributed by atoms with Crippen molar-refractivity contribution in [1.29, 1.82) is 0 Å². The van der Waals surface area contributed by atoms with Gasteiger partial charge in [-0.3, -0.25) is 9.59 Å². The summed E-state index contributed by atoms with van der Waals surface area (Å²) in [5.74, 6) is -0.266. The number of halogens is 1. The Morgan fingerprint density at radius 3 is 2.66 bits per heavy atom. The van der Waals surface area contributed by atoms with Gasteiger partial charge in [0, 0.05) is 23.9 Å². The lowest BCUT2D eigenvalue weighted by molar-refractivity contribution is -0.116. The zero-order chi connectivity index (χ0) is 20.6. The van der Waals surface area contributed by atoms with Crippen molar-refractivity contribution >= 4 is 34.1 Å². The maximum absolute atomic E-state index is 12.7. The number of fused-ring (bicyclic) bond motifs is 1. The Labute approximate surface area is 168 Å². The van der Waals surface area contributed by atoms with E-state index in [1.165, 1.54) is 0 Å². The lowest BCUT2D eigenvalue weighted by Crippen LogP contribution is -2.24. The zero-order valence-electron chi connectivity index (χ0n) is 16.1. The molecule has 0 fully saturated rings. The number of nitrogen functional groups attached to an aromatic ring is 1. The summed E-state index contributed by atoms with van der Waals surface area (Å²) < 4.78 is 12.7. The third-order valence-corrected chi connectivity index (χ3v) is 4.69. The van der Waals surface area contributed by atoms with Gasteiger partial charge < -0.3 is 21.4 Å². The van der Waals surface area contributed by atoms with E-state index in [4.69, 9.17) is 5.73 Å². The molecule has 1 heterocycles. The van der Waals surface area contributed by atoms with Crippen molar-refractivity contribution in [2.24, 2.45) is 0 Å². The molecule has 2 amide bonds. The number of aromatic nitrogens is 1. The van der Waals surface area contributed by atoms with Gasteiger partial charge in [-0.1, -0.05) is 24.6 Å². The molecule has 3 rings (SSSR count). The Morgan fingerprint density at radius 1 is 1.03 bits per heavy atom. The largest absolute Gasteiger partial charge is 0.397 e. The van der Waals surface area contributed by atoms with E-state index in [1.807, 2.05) is 12.1 Å². The molecule has 3 aromatic rings. The molecule has 6 nitrogen and oxygen atoms in total. The second kappa shape index (κ2) is 9.73. The number of carbonyl (C=O) groups is 2. The molecule has 0 radical (unpaired) electrons. The molecular weight excluding hydrogens is 371 g/mol. The van der Waals surface area contributed by atoms with Crippen LogP contribution < -0.4 is 16.4 Å². The summed E-state index contributed by atoms with van der Waals surface area (Å²) in [5.41, 5.74) is 8.82. The van der Waals surface area contributed by atoms with Crippen LogP contribution in [0.3, 0.4) is 0 Å². The Morgan fingerprint density at radius 2 is 1.86 bits per heavy atom. The van der Waals surface area contributed by atoms with Gasteiger partial charge in [0.25, 0.3) is 5.91 Å². The normalized spacial score (nSPS) is 10.8. The summed E-state index contributed by atoms with van der Waals surface area (Å²) in [6, 6.07) is 14.1. The molecule has 29 heavy (non-hydrogen) atoms. The van der Waals surface area contributed by atoms with Gasteiger partial charge in [0.2, 0.25) is 5.91 Å².